The largest absolute Gasteiger partial charge is 0.480 e. The Hall–Kier alpha value is -1.56. The van der Waals surface area contributed by atoms with Crippen LogP contribution in [0.3, 0.4) is 0 Å². The van der Waals surface area contributed by atoms with Gasteiger partial charge in [-0.3, -0.25) is 0 Å². The molecule has 1 aliphatic rings. The van der Waals surface area contributed by atoms with Crippen LogP contribution in [0.1, 0.15) is 44.5 Å². The number of urea groups is 1. The van der Waals surface area contributed by atoms with Crippen molar-refractivity contribution in [1.29, 1.82) is 0 Å². The van der Waals surface area contributed by atoms with Gasteiger partial charge in [-0.15, -0.1) is 11.3 Å². The second-order valence-corrected chi connectivity index (χ2v) is 7.00. The number of amides is 2. The number of carbonyl (C=O) groups is 2. The quantitative estimate of drug-likeness (QED) is 0.898. The van der Waals surface area contributed by atoms with E-state index in [0.717, 1.165) is 11.3 Å². The Morgan fingerprint density at radius 2 is 2.19 bits per heavy atom. The van der Waals surface area contributed by atoms with Crippen molar-refractivity contribution in [3.8, 4) is 0 Å². The first-order valence-corrected chi connectivity index (χ1v) is 8.09. The van der Waals surface area contributed by atoms with Gasteiger partial charge < -0.3 is 15.3 Å². The SMILES string of the molecule is CC(C)C(NC(=O)N1CCCC1(C)C(=O)O)c1cccs1. The van der Waals surface area contributed by atoms with E-state index in [0.29, 0.717) is 13.0 Å². The van der Waals surface area contributed by atoms with Crippen molar-refractivity contribution in [2.45, 2.75) is 45.2 Å². The summed E-state index contributed by atoms with van der Waals surface area (Å²) in [5, 5.41) is 14.4. The summed E-state index contributed by atoms with van der Waals surface area (Å²) < 4.78 is 0. The minimum atomic E-state index is -1.10. The van der Waals surface area contributed by atoms with E-state index in [1.807, 2.05) is 31.4 Å². The zero-order valence-electron chi connectivity index (χ0n) is 12.6. The van der Waals surface area contributed by atoms with E-state index in [1.165, 1.54) is 4.90 Å². The number of hydrogen-bond acceptors (Lipinski definition) is 3. The molecule has 116 valence electrons. The molecule has 0 radical (unpaired) electrons. The Balaban J connectivity index is 2.14. The van der Waals surface area contributed by atoms with Crippen LogP contribution in [0.15, 0.2) is 17.5 Å². The van der Waals surface area contributed by atoms with Gasteiger partial charge in [0, 0.05) is 11.4 Å². The van der Waals surface area contributed by atoms with Crippen LogP contribution in [0.4, 0.5) is 4.79 Å². The van der Waals surface area contributed by atoms with Crippen LogP contribution in [0, 0.1) is 5.92 Å². The van der Waals surface area contributed by atoms with Crippen LogP contribution >= 0.6 is 11.3 Å². The maximum absolute atomic E-state index is 12.5. The number of carboxylic acids is 1. The Kier molecular flexibility index (Phi) is 4.56. The number of carbonyl (C=O) groups excluding carboxylic acids is 1. The van der Waals surface area contributed by atoms with E-state index in [2.05, 4.69) is 5.32 Å². The van der Waals surface area contributed by atoms with Crippen molar-refractivity contribution in [2.75, 3.05) is 6.54 Å². The van der Waals surface area contributed by atoms with E-state index < -0.39 is 11.5 Å². The maximum atomic E-state index is 12.5. The standard InChI is InChI=1S/C15H22N2O3S/c1-10(2)12(11-6-4-9-21-11)16-14(20)17-8-5-7-15(17,3)13(18)19/h4,6,9-10,12H,5,7-8H2,1-3H3,(H,16,20)(H,18,19). The average molecular weight is 310 g/mol. The summed E-state index contributed by atoms with van der Waals surface area (Å²) in [6, 6.07) is 3.58. The second-order valence-electron chi connectivity index (χ2n) is 6.02. The first-order valence-electron chi connectivity index (χ1n) is 7.21. The molecule has 2 atom stereocenters. The molecule has 2 heterocycles. The summed E-state index contributed by atoms with van der Waals surface area (Å²) in [6.07, 6.45) is 1.22. The third kappa shape index (κ3) is 3.05. The predicted octanol–water partition coefficient (Wildman–Crippen LogP) is 3.09. The highest BCUT2D eigenvalue weighted by atomic mass is 32.1. The molecule has 0 bridgehead atoms. The van der Waals surface area contributed by atoms with E-state index in [9.17, 15) is 14.7 Å². The number of aliphatic carboxylic acids is 1. The van der Waals surface area contributed by atoms with Crippen LogP contribution in [-0.2, 0) is 4.79 Å². The van der Waals surface area contributed by atoms with Gasteiger partial charge in [-0.2, -0.15) is 0 Å². The van der Waals surface area contributed by atoms with Crippen LogP contribution in [-0.4, -0.2) is 34.1 Å². The smallest absolute Gasteiger partial charge is 0.329 e. The summed E-state index contributed by atoms with van der Waals surface area (Å²) in [5.41, 5.74) is -1.10. The van der Waals surface area contributed by atoms with Crippen LogP contribution in [0.25, 0.3) is 0 Å². The summed E-state index contributed by atoms with van der Waals surface area (Å²) in [6.45, 7) is 6.21. The molecule has 1 aromatic rings. The molecule has 1 aliphatic heterocycles. The Bertz CT molecular complexity index is 515. The number of nitrogens with one attached hydrogen (secondary N) is 1. The molecule has 2 N–H and O–H groups in total. The first-order chi connectivity index (χ1) is 9.86. The van der Waals surface area contributed by atoms with Crippen molar-refractivity contribution < 1.29 is 14.7 Å². The monoisotopic (exact) mass is 310 g/mol. The van der Waals surface area contributed by atoms with Gasteiger partial charge in [0.2, 0.25) is 0 Å². The minimum Gasteiger partial charge on any atom is -0.480 e. The Labute approximate surface area is 129 Å². The average Bonchev–Trinajstić information content (AvgIpc) is 3.05. The van der Waals surface area contributed by atoms with Gasteiger partial charge in [-0.05, 0) is 37.1 Å². The van der Waals surface area contributed by atoms with Crippen molar-refractivity contribution in [2.24, 2.45) is 5.92 Å². The number of thiophene rings is 1. The molecule has 1 aromatic heterocycles. The second kappa shape index (κ2) is 6.05. The zero-order chi connectivity index (χ0) is 15.6. The summed E-state index contributed by atoms with van der Waals surface area (Å²) in [4.78, 5) is 26.5. The Morgan fingerprint density at radius 3 is 2.71 bits per heavy atom. The van der Waals surface area contributed by atoms with Crippen molar-refractivity contribution >= 4 is 23.3 Å². The summed E-state index contributed by atoms with van der Waals surface area (Å²) in [5.74, 6) is -0.696. The minimum absolute atomic E-state index is 0.0869. The molecule has 1 fully saturated rings. The normalized spacial score (nSPS) is 23.3. The van der Waals surface area contributed by atoms with Crippen LogP contribution in [0.2, 0.25) is 0 Å². The molecule has 2 unspecified atom stereocenters. The summed E-state index contributed by atoms with van der Waals surface area (Å²) >= 11 is 1.60. The first kappa shape index (κ1) is 15.8. The fourth-order valence-electron chi connectivity index (χ4n) is 2.76. The van der Waals surface area contributed by atoms with Gasteiger partial charge in [-0.25, -0.2) is 9.59 Å². The third-order valence-electron chi connectivity index (χ3n) is 4.14. The van der Waals surface area contributed by atoms with Gasteiger partial charge in [0.05, 0.1) is 6.04 Å². The maximum Gasteiger partial charge on any atom is 0.329 e. The lowest BCUT2D eigenvalue weighted by Gasteiger charge is -2.33. The van der Waals surface area contributed by atoms with Gasteiger partial charge in [0.1, 0.15) is 5.54 Å². The molecule has 5 nitrogen and oxygen atoms in total. The van der Waals surface area contributed by atoms with E-state index in [1.54, 1.807) is 18.3 Å². The fraction of sp³-hybridized carbons (Fsp3) is 0.600. The lowest BCUT2D eigenvalue weighted by Crippen LogP contribution is -2.54. The lowest BCUT2D eigenvalue weighted by molar-refractivity contribution is -0.147. The molecule has 6 heteroatoms. The molecule has 1 saturated heterocycles. The zero-order valence-corrected chi connectivity index (χ0v) is 13.4. The Morgan fingerprint density at radius 1 is 1.48 bits per heavy atom. The van der Waals surface area contributed by atoms with Gasteiger partial charge in [0.25, 0.3) is 0 Å². The molecule has 2 amide bonds. The van der Waals surface area contributed by atoms with E-state index in [-0.39, 0.29) is 18.0 Å². The number of carboxylic acid groups (broad SMARTS) is 1. The van der Waals surface area contributed by atoms with Crippen molar-refractivity contribution in [3.05, 3.63) is 22.4 Å². The van der Waals surface area contributed by atoms with Gasteiger partial charge in [0.15, 0.2) is 0 Å². The molecule has 0 spiro atoms. The number of likely N-dealkylation sites (tertiary alicyclic amines) is 1. The highest BCUT2D eigenvalue weighted by molar-refractivity contribution is 7.10. The van der Waals surface area contributed by atoms with Crippen molar-refractivity contribution in [1.82, 2.24) is 10.2 Å². The molecule has 0 aliphatic carbocycles. The molecule has 21 heavy (non-hydrogen) atoms. The highest BCUT2D eigenvalue weighted by Gasteiger charge is 2.46. The van der Waals surface area contributed by atoms with E-state index >= 15 is 0 Å². The number of rotatable bonds is 4. The molecular formula is C15H22N2O3S. The van der Waals surface area contributed by atoms with Crippen molar-refractivity contribution in [3.63, 3.8) is 0 Å². The molecular weight excluding hydrogens is 288 g/mol. The van der Waals surface area contributed by atoms with E-state index in [4.69, 9.17) is 0 Å². The van der Waals surface area contributed by atoms with Gasteiger partial charge >= 0.3 is 12.0 Å². The van der Waals surface area contributed by atoms with Crippen LogP contribution in [0.5, 0.6) is 0 Å². The molecule has 2 rings (SSSR count). The summed E-state index contributed by atoms with van der Waals surface area (Å²) in [7, 11) is 0. The third-order valence-corrected chi connectivity index (χ3v) is 5.10. The topological polar surface area (TPSA) is 69.6 Å². The predicted molar refractivity (Wildman–Crippen MR) is 82.4 cm³/mol. The molecule has 0 saturated carbocycles. The lowest BCUT2D eigenvalue weighted by atomic mass is 9.99. The number of hydrogen-bond donors (Lipinski definition) is 2. The van der Waals surface area contributed by atoms with Crippen LogP contribution < -0.4 is 5.32 Å². The fourth-order valence-corrected chi connectivity index (χ4v) is 3.71. The molecule has 0 aromatic carbocycles. The number of nitrogens with zero attached hydrogens (tertiary/aromatic N) is 1. The van der Waals surface area contributed by atoms with Gasteiger partial charge in [-0.1, -0.05) is 19.9 Å². The highest BCUT2D eigenvalue weighted by Crippen LogP contribution is 2.31.